The molecule has 5 nitrogen and oxygen atoms in total. The fraction of sp³-hybridized carbons (Fsp3) is 0.600. The van der Waals surface area contributed by atoms with E-state index in [1.165, 1.54) is 10.4 Å². The van der Waals surface area contributed by atoms with E-state index in [0.717, 1.165) is 12.8 Å². The first-order valence-corrected chi connectivity index (χ1v) is 20.4. The van der Waals surface area contributed by atoms with Crippen molar-refractivity contribution < 1.29 is 23.4 Å². The highest BCUT2D eigenvalue weighted by atomic mass is 28.4. The van der Waals surface area contributed by atoms with E-state index in [9.17, 15) is 5.11 Å². The SMILES string of the molecule is C=CC[C@H](O)[C@@H]1O[C@H]1[C@@H]1O[C@@]1(C)C[C@@H](CCO[Si](c1ccccc1)(c1ccccc1)C(C)(C)C)O[Si](C)(C)C(C)(C)C. The molecule has 0 aliphatic carbocycles. The van der Waals surface area contributed by atoms with Crippen molar-refractivity contribution in [3.63, 3.8) is 0 Å². The summed E-state index contributed by atoms with van der Waals surface area (Å²) in [6.07, 6.45) is 3.04. The van der Waals surface area contributed by atoms with Crippen LogP contribution >= 0.6 is 0 Å². The molecule has 2 fully saturated rings. The molecule has 42 heavy (non-hydrogen) atoms. The van der Waals surface area contributed by atoms with Gasteiger partial charge in [-0.05, 0) is 53.3 Å². The normalized spacial score (nSPS) is 26.0. The molecule has 0 aromatic heterocycles. The van der Waals surface area contributed by atoms with E-state index in [0.29, 0.717) is 13.0 Å². The Balaban J connectivity index is 1.55. The van der Waals surface area contributed by atoms with Crippen molar-refractivity contribution in [3.05, 3.63) is 73.3 Å². The molecular weight excluding hydrogens is 557 g/mol. The molecule has 0 amide bonds. The number of hydrogen-bond donors (Lipinski definition) is 1. The Bertz CT molecular complexity index is 1130. The maximum Gasteiger partial charge on any atom is 0.261 e. The fourth-order valence-corrected chi connectivity index (χ4v) is 12.1. The van der Waals surface area contributed by atoms with Gasteiger partial charge in [0, 0.05) is 13.0 Å². The Morgan fingerprint density at radius 2 is 1.50 bits per heavy atom. The Kier molecular flexibility index (Phi) is 9.85. The van der Waals surface area contributed by atoms with Crippen LogP contribution in [0.2, 0.25) is 23.2 Å². The van der Waals surface area contributed by atoms with Crippen molar-refractivity contribution in [2.45, 2.75) is 127 Å². The second-order valence-electron chi connectivity index (χ2n) is 15.0. The number of rotatable bonds is 14. The highest BCUT2D eigenvalue weighted by Crippen LogP contribution is 2.51. The van der Waals surface area contributed by atoms with E-state index in [1.54, 1.807) is 6.08 Å². The van der Waals surface area contributed by atoms with E-state index < -0.39 is 22.7 Å². The van der Waals surface area contributed by atoms with Gasteiger partial charge in [0.1, 0.15) is 18.3 Å². The van der Waals surface area contributed by atoms with Gasteiger partial charge in [-0.3, -0.25) is 0 Å². The molecule has 232 valence electrons. The lowest BCUT2D eigenvalue weighted by Gasteiger charge is -2.44. The van der Waals surface area contributed by atoms with Crippen molar-refractivity contribution in [2.75, 3.05) is 6.61 Å². The minimum Gasteiger partial charge on any atom is -0.414 e. The molecule has 0 unspecified atom stereocenters. The van der Waals surface area contributed by atoms with Crippen LogP contribution in [0.3, 0.4) is 0 Å². The lowest BCUT2D eigenvalue weighted by atomic mass is 9.95. The van der Waals surface area contributed by atoms with Crippen molar-refractivity contribution in [2.24, 2.45) is 0 Å². The molecule has 0 spiro atoms. The van der Waals surface area contributed by atoms with Gasteiger partial charge in [-0.15, -0.1) is 6.58 Å². The minimum absolute atomic E-state index is 0.00518. The maximum atomic E-state index is 10.4. The molecule has 1 N–H and O–H groups in total. The molecule has 0 bridgehead atoms. The smallest absolute Gasteiger partial charge is 0.261 e. The summed E-state index contributed by atoms with van der Waals surface area (Å²) >= 11 is 0. The predicted molar refractivity (Wildman–Crippen MR) is 178 cm³/mol. The number of aliphatic hydroxyl groups is 1. The van der Waals surface area contributed by atoms with Crippen LogP contribution in [0.5, 0.6) is 0 Å². The van der Waals surface area contributed by atoms with Crippen LogP contribution in [0.4, 0.5) is 0 Å². The van der Waals surface area contributed by atoms with Crippen LogP contribution in [0.1, 0.15) is 67.7 Å². The summed E-state index contributed by atoms with van der Waals surface area (Å²) in [5.74, 6) is 0. The van der Waals surface area contributed by atoms with E-state index in [4.69, 9.17) is 18.3 Å². The van der Waals surface area contributed by atoms with Gasteiger partial charge in [0.15, 0.2) is 8.32 Å². The number of epoxide rings is 2. The monoisotopic (exact) mass is 610 g/mol. The van der Waals surface area contributed by atoms with Gasteiger partial charge in [0.25, 0.3) is 8.32 Å². The van der Waals surface area contributed by atoms with Gasteiger partial charge in [-0.1, -0.05) is 108 Å². The average molecular weight is 611 g/mol. The van der Waals surface area contributed by atoms with Gasteiger partial charge in [-0.25, -0.2) is 0 Å². The fourth-order valence-electron chi connectivity index (χ4n) is 6.18. The van der Waals surface area contributed by atoms with E-state index in [2.05, 4.69) is 129 Å². The van der Waals surface area contributed by atoms with Crippen LogP contribution in [0.25, 0.3) is 0 Å². The summed E-state index contributed by atoms with van der Waals surface area (Å²) in [7, 11) is -4.70. The molecule has 6 atom stereocenters. The third kappa shape index (κ3) is 7.04. The summed E-state index contributed by atoms with van der Waals surface area (Å²) in [4.78, 5) is 0. The first kappa shape index (κ1) is 33.3. The molecular formula is C35H54O5Si2. The summed E-state index contributed by atoms with van der Waals surface area (Å²) in [5.41, 5.74) is -0.336. The van der Waals surface area contributed by atoms with Crippen molar-refractivity contribution in [1.82, 2.24) is 0 Å². The lowest BCUT2D eigenvalue weighted by Crippen LogP contribution is -2.66. The van der Waals surface area contributed by atoms with E-state index in [-0.39, 0.29) is 40.1 Å². The van der Waals surface area contributed by atoms with Gasteiger partial charge < -0.3 is 23.4 Å². The van der Waals surface area contributed by atoms with Gasteiger partial charge in [0.05, 0.1) is 17.8 Å². The second kappa shape index (κ2) is 12.4. The molecule has 7 heteroatoms. The summed E-state index contributed by atoms with van der Waals surface area (Å²) in [6, 6.07) is 21.6. The number of hydrogen-bond acceptors (Lipinski definition) is 5. The minimum atomic E-state index is -2.64. The highest BCUT2D eigenvalue weighted by Gasteiger charge is 2.66. The third-order valence-corrected chi connectivity index (χ3v) is 19.2. The molecule has 4 rings (SSSR count). The molecule has 2 aliphatic rings. The van der Waals surface area contributed by atoms with Crippen LogP contribution in [-0.4, -0.2) is 64.5 Å². The first-order valence-electron chi connectivity index (χ1n) is 15.6. The second-order valence-corrected chi connectivity index (χ2v) is 24.1. The van der Waals surface area contributed by atoms with Gasteiger partial charge in [-0.2, -0.15) is 0 Å². The lowest BCUT2D eigenvalue weighted by molar-refractivity contribution is 0.110. The number of aliphatic hydroxyl groups excluding tert-OH is 1. The molecule has 2 aromatic rings. The largest absolute Gasteiger partial charge is 0.414 e. The Labute approximate surface area is 256 Å². The Morgan fingerprint density at radius 3 is 1.98 bits per heavy atom. The van der Waals surface area contributed by atoms with Crippen molar-refractivity contribution in [3.8, 4) is 0 Å². The van der Waals surface area contributed by atoms with Crippen LogP contribution < -0.4 is 10.4 Å². The maximum absolute atomic E-state index is 10.4. The Hall–Kier alpha value is -1.59. The highest BCUT2D eigenvalue weighted by molar-refractivity contribution is 6.99. The molecule has 2 aromatic carbocycles. The summed E-state index contributed by atoms with van der Waals surface area (Å²) < 4.78 is 26.5. The standard InChI is InChI=1S/C35H54O5Si2/c1-11-18-29(36)30-31(38-30)32-35(8,39-32)25-26(40-41(9,10)33(2,3)4)23-24-37-42(34(5,6)7,27-19-14-12-15-20-27)28-21-16-13-17-22-28/h11-17,19-22,26,29-32,36H,1,18,23-25H2,2-10H3/t26-,29+,30+,31-,32+,35+/m1/s1. The number of ether oxygens (including phenoxy) is 2. The first-order chi connectivity index (χ1) is 19.6. The van der Waals surface area contributed by atoms with Crippen LogP contribution in [-0.2, 0) is 18.3 Å². The third-order valence-electron chi connectivity index (χ3n) is 9.66. The summed E-state index contributed by atoms with van der Waals surface area (Å²) in [5, 5.41) is 13.0. The van der Waals surface area contributed by atoms with E-state index >= 15 is 0 Å². The zero-order chi connectivity index (χ0) is 31.0. The molecule has 2 saturated heterocycles. The molecule has 2 heterocycles. The van der Waals surface area contributed by atoms with Crippen molar-refractivity contribution >= 4 is 27.0 Å². The van der Waals surface area contributed by atoms with E-state index in [1.807, 2.05) is 0 Å². The van der Waals surface area contributed by atoms with Crippen LogP contribution in [0.15, 0.2) is 73.3 Å². The van der Waals surface area contributed by atoms with Crippen molar-refractivity contribution in [1.29, 1.82) is 0 Å². The summed E-state index contributed by atoms with van der Waals surface area (Å²) in [6.45, 7) is 25.0. The van der Waals surface area contributed by atoms with Gasteiger partial charge >= 0.3 is 0 Å². The van der Waals surface area contributed by atoms with Gasteiger partial charge in [0.2, 0.25) is 0 Å². The Morgan fingerprint density at radius 1 is 0.952 bits per heavy atom. The molecule has 0 radical (unpaired) electrons. The predicted octanol–water partition coefficient (Wildman–Crippen LogP) is 6.60. The number of benzene rings is 2. The quantitative estimate of drug-likeness (QED) is 0.148. The average Bonchev–Trinajstić information content (AvgIpc) is 3.82. The molecule has 0 saturated carbocycles. The zero-order valence-corrected chi connectivity index (χ0v) is 29.4. The molecule has 2 aliphatic heterocycles. The zero-order valence-electron chi connectivity index (χ0n) is 27.4. The van der Waals surface area contributed by atoms with Crippen LogP contribution in [0, 0.1) is 0 Å². The topological polar surface area (TPSA) is 63.8 Å².